The lowest BCUT2D eigenvalue weighted by molar-refractivity contribution is -0.384. The average Bonchev–Trinajstić information content (AvgIpc) is 2.48. The predicted molar refractivity (Wildman–Crippen MR) is 82.2 cm³/mol. The lowest BCUT2D eigenvalue weighted by Crippen LogP contribution is -2.14. The van der Waals surface area contributed by atoms with E-state index in [4.69, 9.17) is 16.3 Å². The molecule has 1 aromatic heterocycles. The standard InChI is InChI=1S/C14H13ClFN3O3/c1-18(2)13-12(19(20)21)7-10(14(17-13)22-3)9-6-8(15)4-5-11(9)16/h4-7H,1-3H3. The number of hydrogen-bond donors (Lipinski definition) is 0. The number of methoxy groups -OCH3 is 1. The fourth-order valence-corrected chi connectivity index (χ4v) is 2.16. The van der Waals surface area contributed by atoms with Gasteiger partial charge in [0.1, 0.15) is 5.82 Å². The summed E-state index contributed by atoms with van der Waals surface area (Å²) in [5.74, 6) is -0.375. The summed E-state index contributed by atoms with van der Waals surface area (Å²) in [6.07, 6.45) is 0. The molecule has 0 saturated heterocycles. The van der Waals surface area contributed by atoms with Crippen molar-refractivity contribution in [3.05, 3.63) is 45.2 Å². The molecule has 2 aromatic rings. The smallest absolute Gasteiger partial charge is 0.312 e. The van der Waals surface area contributed by atoms with Crippen molar-refractivity contribution in [3.8, 4) is 17.0 Å². The van der Waals surface area contributed by atoms with Gasteiger partial charge in [-0.15, -0.1) is 0 Å². The van der Waals surface area contributed by atoms with E-state index in [1.54, 1.807) is 14.1 Å². The van der Waals surface area contributed by atoms with Crippen LogP contribution in [0.15, 0.2) is 24.3 Å². The van der Waals surface area contributed by atoms with Crippen LogP contribution >= 0.6 is 11.6 Å². The van der Waals surface area contributed by atoms with E-state index < -0.39 is 10.7 Å². The van der Waals surface area contributed by atoms with Crippen LogP contribution in [0.1, 0.15) is 0 Å². The van der Waals surface area contributed by atoms with Gasteiger partial charge in [0, 0.05) is 30.7 Å². The van der Waals surface area contributed by atoms with Crippen LogP contribution in [-0.2, 0) is 0 Å². The maximum absolute atomic E-state index is 14.0. The third kappa shape index (κ3) is 2.94. The van der Waals surface area contributed by atoms with Gasteiger partial charge >= 0.3 is 5.69 Å². The van der Waals surface area contributed by atoms with E-state index in [1.807, 2.05) is 0 Å². The van der Waals surface area contributed by atoms with E-state index in [2.05, 4.69) is 4.98 Å². The first-order valence-corrected chi connectivity index (χ1v) is 6.59. The van der Waals surface area contributed by atoms with Crippen LogP contribution < -0.4 is 9.64 Å². The van der Waals surface area contributed by atoms with Gasteiger partial charge < -0.3 is 9.64 Å². The Balaban J connectivity index is 2.77. The molecule has 0 atom stereocenters. The fourth-order valence-electron chi connectivity index (χ4n) is 1.99. The van der Waals surface area contributed by atoms with Crippen molar-refractivity contribution in [2.45, 2.75) is 0 Å². The van der Waals surface area contributed by atoms with Gasteiger partial charge in [0.25, 0.3) is 0 Å². The molecule has 0 fully saturated rings. The van der Waals surface area contributed by atoms with Gasteiger partial charge in [0.05, 0.1) is 17.6 Å². The Hall–Kier alpha value is -2.41. The molecule has 0 spiro atoms. The molecule has 22 heavy (non-hydrogen) atoms. The number of benzene rings is 1. The molecule has 0 amide bonds. The summed E-state index contributed by atoms with van der Waals surface area (Å²) in [5.41, 5.74) is 0.00484. The Labute approximate surface area is 131 Å². The topological polar surface area (TPSA) is 68.5 Å². The van der Waals surface area contributed by atoms with Crippen LogP contribution in [0.25, 0.3) is 11.1 Å². The minimum absolute atomic E-state index is 0.0791. The van der Waals surface area contributed by atoms with E-state index in [-0.39, 0.29) is 28.5 Å². The third-order valence-corrected chi connectivity index (χ3v) is 3.22. The normalized spacial score (nSPS) is 10.4. The van der Waals surface area contributed by atoms with E-state index in [9.17, 15) is 14.5 Å². The minimum Gasteiger partial charge on any atom is -0.480 e. The molecule has 0 N–H and O–H groups in total. The second kappa shape index (κ2) is 6.15. The number of anilines is 1. The van der Waals surface area contributed by atoms with Crippen molar-refractivity contribution in [2.24, 2.45) is 0 Å². The number of aromatic nitrogens is 1. The molecule has 0 saturated carbocycles. The molecule has 0 aliphatic heterocycles. The molecular formula is C14H13ClFN3O3. The first kappa shape index (κ1) is 16.0. The fraction of sp³-hybridized carbons (Fsp3) is 0.214. The SMILES string of the molecule is COc1nc(N(C)C)c([N+](=O)[O-])cc1-c1cc(Cl)ccc1F. The summed E-state index contributed by atoms with van der Waals surface area (Å²) >= 11 is 5.88. The Kier molecular flexibility index (Phi) is 4.46. The molecule has 6 nitrogen and oxygen atoms in total. The molecule has 1 aromatic carbocycles. The molecule has 2 rings (SSSR count). The first-order chi connectivity index (χ1) is 10.3. The maximum atomic E-state index is 14.0. The van der Waals surface area contributed by atoms with Gasteiger partial charge in [-0.2, -0.15) is 4.98 Å². The number of hydrogen-bond acceptors (Lipinski definition) is 5. The number of ether oxygens (including phenoxy) is 1. The summed E-state index contributed by atoms with van der Waals surface area (Å²) in [6, 6.07) is 5.18. The van der Waals surface area contributed by atoms with Crippen molar-refractivity contribution < 1.29 is 14.1 Å². The number of halogens is 2. The molecule has 8 heteroatoms. The maximum Gasteiger partial charge on any atom is 0.312 e. The molecular weight excluding hydrogens is 313 g/mol. The van der Waals surface area contributed by atoms with Gasteiger partial charge in [-0.05, 0) is 18.2 Å². The quantitative estimate of drug-likeness (QED) is 0.635. The zero-order valence-corrected chi connectivity index (χ0v) is 12.9. The Morgan fingerprint density at radius 1 is 1.32 bits per heavy atom. The Morgan fingerprint density at radius 3 is 2.55 bits per heavy atom. The molecule has 0 bridgehead atoms. The van der Waals surface area contributed by atoms with Crippen LogP contribution in [0, 0.1) is 15.9 Å². The molecule has 1 heterocycles. The molecule has 0 radical (unpaired) electrons. The van der Waals surface area contributed by atoms with Crippen molar-refractivity contribution >= 4 is 23.1 Å². The first-order valence-electron chi connectivity index (χ1n) is 6.21. The minimum atomic E-state index is -0.576. The third-order valence-electron chi connectivity index (χ3n) is 2.98. The second-order valence-electron chi connectivity index (χ2n) is 4.66. The highest BCUT2D eigenvalue weighted by Gasteiger charge is 2.24. The van der Waals surface area contributed by atoms with Crippen molar-refractivity contribution in [3.63, 3.8) is 0 Å². The van der Waals surface area contributed by atoms with Crippen molar-refractivity contribution in [1.82, 2.24) is 4.98 Å². The van der Waals surface area contributed by atoms with Gasteiger partial charge in [0.15, 0.2) is 0 Å². The lowest BCUT2D eigenvalue weighted by atomic mass is 10.1. The Morgan fingerprint density at radius 2 is 2.00 bits per heavy atom. The molecule has 0 unspecified atom stereocenters. The number of rotatable bonds is 4. The summed E-state index contributed by atoms with van der Waals surface area (Å²) in [5, 5.41) is 11.5. The van der Waals surface area contributed by atoms with Gasteiger partial charge in [-0.25, -0.2) is 4.39 Å². The summed E-state index contributed by atoms with van der Waals surface area (Å²) in [4.78, 5) is 16.3. The molecule has 0 aliphatic carbocycles. The zero-order chi connectivity index (χ0) is 16.4. The number of nitro groups is 1. The van der Waals surface area contributed by atoms with E-state index in [1.165, 1.54) is 36.3 Å². The molecule has 116 valence electrons. The molecule has 0 aliphatic rings. The van der Waals surface area contributed by atoms with Gasteiger partial charge in [-0.1, -0.05) is 11.6 Å². The van der Waals surface area contributed by atoms with Crippen LogP contribution in [0.2, 0.25) is 5.02 Å². The van der Waals surface area contributed by atoms with Crippen LogP contribution in [0.5, 0.6) is 5.88 Å². The number of pyridine rings is 1. The highest BCUT2D eigenvalue weighted by atomic mass is 35.5. The second-order valence-corrected chi connectivity index (χ2v) is 5.10. The van der Waals surface area contributed by atoms with Crippen molar-refractivity contribution in [1.29, 1.82) is 0 Å². The highest BCUT2D eigenvalue weighted by Crippen LogP contribution is 2.38. The van der Waals surface area contributed by atoms with Crippen LogP contribution in [-0.4, -0.2) is 31.1 Å². The van der Waals surface area contributed by atoms with Crippen molar-refractivity contribution in [2.75, 3.05) is 26.1 Å². The van der Waals surface area contributed by atoms with E-state index in [0.717, 1.165) is 0 Å². The Bertz CT molecular complexity index is 738. The van der Waals surface area contributed by atoms with Gasteiger partial charge in [0.2, 0.25) is 11.7 Å². The van der Waals surface area contributed by atoms with Gasteiger partial charge in [-0.3, -0.25) is 10.1 Å². The van der Waals surface area contributed by atoms with Crippen LogP contribution in [0.4, 0.5) is 15.9 Å². The number of nitrogens with zero attached hydrogens (tertiary/aromatic N) is 3. The van der Waals surface area contributed by atoms with Crippen LogP contribution in [0.3, 0.4) is 0 Å². The van der Waals surface area contributed by atoms with E-state index in [0.29, 0.717) is 5.02 Å². The lowest BCUT2D eigenvalue weighted by Gasteiger charge is -2.15. The summed E-state index contributed by atoms with van der Waals surface area (Å²) in [7, 11) is 4.60. The predicted octanol–water partition coefficient (Wildman–Crippen LogP) is 3.52. The van der Waals surface area contributed by atoms with E-state index >= 15 is 0 Å². The monoisotopic (exact) mass is 325 g/mol. The summed E-state index contributed by atoms with van der Waals surface area (Å²) in [6.45, 7) is 0. The highest BCUT2D eigenvalue weighted by molar-refractivity contribution is 6.30. The largest absolute Gasteiger partial charge is 0.480 e. The summed E-state index contributed by atoms with van der Waals surface area (Å²) < 4.78 is 19.2. The average molecular weight is 326 g/mol. The zero-order valence-electron chi connectivity index (χ0n) is 12.1.